The molecule has 0 radical (unpaired) electrons. The molecule has 1 aromatic carbocycles. The van der Waals surface area contributed by atoms with E-state index in [4.69, 9.17) is 17.0 Å². The fourth-order valence-electron chi connectivity index (χ4n) is 2.94. The summed E-state index contributed by atoms with van der Waals surface area (Å²) in [7, 11) is 0. The van der Waals surface area contributed by atoms with Gasteiger partial charge in [-0.15, -0.1) is 0 Å². The molecule has 2 amide bonds. The summed E-state index contributed by atoms with van der Waals surface area (Å²) in [6.45, 7) is 2.37. The molecule has 1 fully saturated rings. The Morgan fingerprint density at radius 1 is 1.33 bits per heavy atom. The molecule has 8 heteroatoms. The van der Waals surface area contributed by atoms with E-state index in [-0.39, 0.29) is 18.4 Å². The van der Waals surface area contributed by atoms with Crippen LogP contribution in [0, 0.1) is 6.92 Å². The number of nitrogens with zero attached hydrogens (tertiary/aromatic N) is 2. The van der Waals surface area contributed by atoms with E-state index in [9.17, 15) is 9.59 Å². The highest BCUT2D eigenvalue weighted by molar-refractivity contribution is 8.26. The first-order valence-electron chi connectivity index (χ1n) is 8.22. The number of aromatic nitrogens is 1. The highest BCUT2D eigenvalue weighted by Crippen LogP contribution is 2.35. The molecule has 0 saturated carbocycles. The molecule has 136 valence electrons. The third kappa shape index (κ3) is 3.72. The van der Waals surface area contributed by atoms with E-state index in [1.807, 2.05) is 31.2 Å². The summed E-state index contributed by atoms with van der Waals surface area (Å²) in [5.41, 5.74) is 3.44. The first-order chi connectivity index (χ1) is 13.0. The molecule has 4 rings (SSSR count). The van der Waals surface area contributed by atoms with Crippen molar-refractivity contribution in [1.82, 2.24) is 10.3 Å². The highest BCUT2D eigenvalue weighted by Gasteiger charge is 2.27. The number of hydrogen-bond donors (Lipinski definition) is 1. The third-order valence-corrected chi connectivity index (χ3v) is 5.30. The second-order valence-corrected chi connectivity index (χ2v) is 7.94. The normalized spacial score (nSPS) is 17.7. The Morgan fingerprint density at radius 3 is 2.93 bits per heavy atom. The van der Waals surface area contributed by atoms with Gasteiger partial charge in [-0.2, -0.15) is 0 Å². The summed E-state index contributed by atoms with van der Waals surface area (Å²) < 4.78 is 6.00. The molecule has 2 aromatic rings. The van der Waals surface area contributed by atoms with Crippen molar-refractivity contribution >= 4 is 51.9 Å². The zero-order valence-electron chi connectivity index (χ0n) is 14.4. The Bertz CT molecular complexity index is 1000. The fourth-order valence-corrected chi connectivity index (χ4v) is 3.99. The van der Waals surface area contributed by atoms with Crippen LogP contribution in [0.2, 0.25) is 0 Å². The van der Waals surface area contributed by atoms with E-state index in [2.05, 4.69) is 10.3 Å². The molecule has 6 nitrogen and oxygen atoms in total. The number of hydrogen-bond acceptors (Lipinski definition) is 6. The second kappa shape index (κ2) is 7.13. The van der Waals surface area contributed by atoms with Crippen molar-refractivity contribution in [3.63, 3.8) is 0 Å². The average molecular weight is 397 g/mol. The molecule has 0 bridgehead atoms. The number of aryl methyl sites for hydroxylation is 1. The SMILES string of the molecule is Cc1cncc(CN2C(=O)COc3ccc(C=C4SC(=S)NC4=O)cc32)c1. The second-order valence-electron chi connectivity index (χ2n) is 6.22. The van der Waals surface area contributed by atoms with Crippen molar-refractivity contribution in [3.05, 3.63) is 58.3 Å². The topological polar surface area (TPSA) is 71.5 Å². The molecule has 2 aliphatic heterocycles. The number of rotatable bonds is 3. The van der Waals surface area contributed by atoms with Crippen molar-refractivity contribution in [1.29, 1.82) is 0 Å². The van der Waals surface area contributed by atoms with Gasteiger partial charge >= 0.3 is 0 Å². The maximum Gasteiger partial charge on any atom is 0.265 e. The monoisotopic (exact) mass is 397 g/mol. The van der Waals surface area contributed by atoms with Crippen LogP contribution in [-0.2, 0) is 16.1 Å². The summed E-state index contributed by atoms with van der Waals surface area (Å²) in [5, 5.41) is 2.59. The van der Waals surface area contributed by atoms with Gasteiger partial charge in [0.25, 0.3) is 11.8 Å². The lowest BCUT2D eigenvalue weighted by atomic mass is 10.1. The number of amides is 2. The molecule has 1 aromatic heterocycles. The zero-order valence-corrected chi connectivity index (χ0v) is 16.0. The van der Waals surface area contributed by atoms with Gasteiger partial charge in [-0.05, 0) is 41.8 Å². The maximum atomic E-state index is 12.5. The van der Waals surface area contributed by atoms with Gasteiger partial charge in [-0.3, -0.25) is 14.6 Å². The lowest BCUT2D eigenvalue weighted by Gasteiger charge is -2.29. The summed E-state index contributed by atoms with van der Waals surface area (Å²) in [6.07, 6.45) is 5.28. The molecule has 0 aliphatic carbocycles. The van der Waals surface area contributed by atoms with Gasteiger partial charge in [0.05, 0.1) is 17.1 Å². The van der Waals surface area contributed by atoms with E-state index in [1.54, 1.807) is 23.4 Å². The van der Waals surface area contributed by atoms with Crippen LogP contribution in [-0.4, -0.2) is 27.7 Å². The smallest absolute Gasteiger partial charge is 0.265 e. The van der Waals surface area contributed by atoms with Gasteiger partial charge in [0.1, 0.15) is 10.1 Å². The molecule has 0 unspecified atom stereocenters. The number of nitrogens with one attached hydrogen (secondary N) is 1. The Morgan fingerprint density at radius 2 is 2.19 bits per heavy atom. The van der Waals surface area contributed by atoms with Crippen molar-refractivity contribution in [2.24, 2.45) is 0 Å². The lowest BCUT2D eigenvalue weighted by Crippen LogP contribution is -2.38. The minimum atomic E-state index is -0.210. The van der Waals surface area contributed by atoms with Gasteiger partial charge in [-0.1, -0.05) is 36.1 Å². The maximum absolute atomic E-state index is 12.5. The van der Waals surface area contributed by atoms with Crippen LogP contribution < -0.4 is 15.0 Å². The third-order valence-electron chi connectivity index (χ3n) is 4.14. The number of thioether (sulfide) groups is 1. The minimum Gasteiger partial charge on any atom is -0.482 e. The molecule has 1 N–H and O–H groups in total. The van der Waals surface area contributed by atoms with Crippen LogP contribution in [0.15, 0.2) is 41.6 Å². The van der Waals surface area contributed by atoms with Crippen LogP contribution in [0.5, 0.6) is 5.75 Å². The first-order valence-corrected chi connectivity index (χ1v) is 9.45. The number of fused-ring (bicyclic) bond motifs is 1. The van der Waals surface area contributed by atoms with E-state index >= 15 is 0 Å². The number of pyridine rings is 1. The number of carbonyl (C=O) groups is 2. The molecule has 0 spiro atoms. The van der Waals surface area contributed by atoms with Crippen molar-refractivity contribution in [3.8, 4) is 5.75 Å². The predicted molar refractivity (Wildman–Crippen MR) is 108 cm³/mol. The highest BCUT2D eigenvalue weighted by atomic mass is 32.2. The average Bonchev–Trinajstić information content (AvgIpc) is 2.95. The number of benzene rings is 1. The molecule has 1 saturated heterocycles. The van der Waals surface area contributed by atoms with Crippen molar-refractivity contribution in [2.45, 2.75) is 13.5 Å². The van der Waals surface area contributed by atoms with E-state index in [0.29, 0.717) is 27.2 Å². The van der Waals surface area contributed by atoms with E-state index in [0.717, 1.165) is 16.7 Å². The number of carbonyl (C=O) groups excluding carboxylic acids is 2. The number of ether oxygens (including phenoxy) is 1. The Hall–Kier alpha value is -2.71. The standard InChI is InChI=1S/C19H15N3O3S2/c1-11-4-13(8-20-7-11)9-22-14-5-12(2-3-15(14)25-10-17(22)23)6-16-18(24)21-19(26)27-16/h2-8H,9-10H2,1H3,(H,21,24,26). The van der Waals surface area contributed by atoms with Gasteiger partial charge in [0, 0.05) is 12.4 Å². The summed E-state index contributed by atoms with van der Waals surface area (Å²) >= 11 is 6.24. The largest absolute Gasteiger partial charge is 0.482 e. The summed E-state index contributed by atoms with van der Waals surface area (Å²) in [5.74, 6) is 0.303. The lowest BCUT2D eigenvalue weighted by molar-refractivity contribution is -0.121. The van der Waals surface area contributed by atoms with Gasteiger partial charge in [-0.25, -0.2) is 0 Å². The zero-order chi connectivity index (χ0) is 19.0. The Labute approximate surface area is 165 Å². The minimum absolute atomic E-state index is 0.000785. The molecule has 27 heavy (non-hydrogen) atoms. The van der Waals surface area contributed by atoms with Crippen molar-refractivity contribution < 1.29 is 14.3 Å². The van der Waals surface area contributed by atoms with E-state index < -0.39 is 0 Å². The number of anilines is 1. The molecule has 2 aliphatic rings. The Kier molecular flexibility index (Phi) is 4.67. The Balaban J connectivity index is 1.68. The van der Waals surface area contributed by atoms with Crippen LogP contribution in [0.25, 0.3) is 6.08 Å². The predicted octanol–water partition coefficient (Wildman–Crippen LogP) is 2.80. The van der Waals surface area contributed by atoms with E-state index in [1.165, 1.54) is 11.8 Å². The summed E-state index contributed by atoms with van der Waals surface area (Å²) in [4.78, 5) is 30.8. The molecule has 3 heterocycles. The van der Waals surface area contributed by atoms with Crippen molar-refractivity contribution in [2.75, 3.05) is 11.5 Å². The summed E-state index contributed by atoms with van der Waals surface area (Å²) in [6, 6.07) is 7.51. The first kappa shape index (κ1) is 17.7. The van der Waals surface area contributed by atoms with Gasteiger partial charge in [0.15, 0.2) is 6.61 Å². The van der Waals surface area contributed by atoms with Crippen LogP contribution in [0.1, 0.15) is 16.7 Å². The van der Waals surface area contributed by atoms with Crippen LogP contribution in [0.3, 0.4) is 0 Å². The van der Waals surface area contributed by atoms with Crippen LogP contribution >= 0.6 is 24.0 Å². The van der Waals surface area contributed by atoms with Gasteiger partial charge < -0.3 is 15.0 Å². The number of thiocarbonyl (C=S) groups is 1. The molecular formula is C19H15N3O3S2. The fraction of sp³-hybridized carbons (Fsp3) is 0.158. The van der Waals surface area contributed by atoms with Gasteiger partial charge in [0.2, 0.25) is 0 Å². The quantitative estimate of drug-likeness (QED) is 0.634. The molecular weight excluding hydrogens is 382 g/mol. The molecule has 0 atom stereocenters. The van der Waals surface area contributed by atoms with Crippen LogP contribution in [0.4, 0.5) is 5.69 Å².